The molecule has 3 saturated carbocycles. The molecule has 4 rings (SSSR count). The van der Waals surface area contributed by atoms with Crippen LogP contribution >= 0.6 is 0 Å². The molecule has 31 heavy (non-hydrogen) atoms. The number of aliphatic hydroxyl groups is 3. The normalized spacial score (nSPS) is 48.4. The second-order valence-electron chi connectivity index (χ2n) is 12.1. The summed E-state index contributed by atoms with van der Waals surface area (Å²) in [5, 5.41) is 33.8. The summed E-state index contributed by atoms with van der Waals surface area (Å²) in [6.45, 7) is 11.0. The van der Waals surface area contributed by atoms with Crippen LogP contribution in [0.25, 0.3) is 0 Å². The molecule has 0 aromatic carbocycles. The average Bonchev–Trinajstić information content (AvgIpc) is 3.03. The summed E-state index contributed by atoms with van der Waals surface area (Å²) in [4.78, 5) is 13.3. The maximum atomic E-state index is 13.3. The van der Waals surface area contributed by atoms with E-state index in [0.29, 0.717) is 37.0 Å². The Morgan fingerprint density at radius 3 is 2.45 bits per heavy atom. The van der Waals surface area contributed by atoms with Crippen molar-refractivity contribution in [2.75, 3.05) is 0 Å². The molecular weight excluding hydrogens is 388 g/mol. The molecule has 4 aliphatic rings. The Bertz CT molecular complexity index is 799. The van der Waals surface area contributed by atoms with Crippen LogP contribution in [0.5, 0.6) is 0 Å². The highest BCUT2D eigenvalue weighted by atomic mass is 16.3. The van der Waals surface area contributed by atoms with Gasteiger partial charge in [0.2, 0.25) is 0 Å². The first-order chi connectivity index (χ1) is 14.4. The van der Waals surface area contributed by atoms with Crippen molar-refractivity contribution in [3.05, 3.63) is 23.8 Å². The fourth-order valence-corrected chi connectivity index (χ4v) is 7.91. The molecule has 0 aromatic rings. The third-order valence-corrected chi connectivity index (χ3v) is 10.00. The Morgan fingerprint density at radius 2 is 1.77 bits per heavy atom. The maximum Gasteiger partial charge on any atom is 0.188 e. The minimum absolute atomic E-state index is 0.0245. The number of fused-ring (bicyclic) bond motifs is 5. The lowest BCUT2D eigenvalue weighted by Gasteiger charge is -2.63. The molecule has 174 valence electrons. The Hall–Kier alpha value is -0.970. The summed E-state index contributed by atoms with van der Waals surface area (Å²) in [5.74, 6) is 1.52. The van der Waals surface area contributed by atoms with Crippen molar-refractivity contribution in [1.29, 1.82) is 0 Å². The Kier molecular flexibility index (Phi) is 5.64. The summed E-state index contributed by atoms with van der Waals surface area (Å²) in [6, 6.07) is 0. The van der Waals surface area contributed by atoms with E-state index in [1.54, 1.807) is 6.08 Å². The number of carbonyl (C=O) groups is 1. The number of rotatable bonds is 4. The zero-order chi connectivity index (χ0) is 22.8. The summed E-state index contributed by atoms with van der Waals surface area (Å²) in [5.41, 5.74) is -2.87. The fourth-order valence-electron chi connectivity index (χ4n) is 7.91. The van der Waals surface area contributed by atoms with Crippen molar-refractivity contribution in [3.8, 4) is 0 Å². The van der Waals surface area contributed by atoms with Gasteiger partial charge in [0.15, 0.2) is 5.78 Å². The third kappa shape index (κ3) is 3.15. The van der Waals surface area contributed by atoms with Gasteiger partial charge >= 0.3 is 0 Å². The lowest BCUT2D eigenvalue weighted by atomic mass is 9.43. The van der Waals surface area contributed by atoms with Crippen LogP contribution in [-0.2, 0) is 4.79 Å². The number of ketones is 1. The van der Waals surface area contributed by atoms with Crippen LogP contribution in [0.4, 0.5) is 0 Å². The number of hydrogen-bond acceptors (Lipinski definition) is 4. The molecule has 0 spiro atoms. The van der Waals surface area contributed by atoms with Gasteiger partial charge in [-0.1, -0.05) is 46.8 Å². The van der Waals surface area contributed by atoms with Crippen molar-refractivity contribution < 1.29 is 20.1 Å². The van der Waals surface area contributed by atoms with Gasteiger partial charge < -0.3 is 15.3 Å². The maximum absolute atomic E-state index is 13.3. The minimum Gasteiger partial charge on any atom is -0.393 e. The smallest absolute Gasteiger partial charge is 0.188 e. The van der Waals surface area contributed by atoms with Crippen molar-refractivity contribution >= 4 is 5.78 Å². The van der Waals surface area contributed by atoms with Gasteiger partial charge in [0.1, 0.15) is 5.60 Å². The lowest BCUT2D eigenvalue weighted by Crippen LogP contribution is -2.71. The van der Waals surface area contributed by atoms with Gasteiger partial charge in [-0.2, -0.15) is 0 Å². The Labute approximate surface area is 187 Å². The molecule has 0 aromatic heterocycles. The van der Waals surface area contributed by atoms with Crippen LogP contribution in [0.3, 0.4) is 0 Å². The molecule has 3 N–H and O–H groups in total. The fraction of sp³-hybridized carbons (Fsp3) is 0.815. The van der Waals surface area contributed by atoms with E-state index >= 15 is 0 Å². The summed E-state index contributed by atoms with van der Waals surface area (Å²) in [6.07, 6.45) is 11.3. The van der Waals surface area contributed by atoms with E-state index in [1.165, 1.54) is 0 Å². The zero-order valence-electron chi connectivity index (χ0n) is 20.0. The van der Waals surface area contributed by atoms with Crippen molar-refractivity contribution in [2.45, 2.75) is 103 Å². The van der Waals surface area contributed by atoms with Gasteiger partial charge in [-0.15, -0.1) is 0 Å². The molecule has 4 nitrogen and oxygen atoms in total. The van der Waals surface area contributed by atoms with E-state index in [2.05, 4.69) is 39.8 Å². The topological polar surface area (TPSA) is 77.8 Å². The standard InChI is InChI=1S/C27H42O4/c1-17(2)7-6-8-18(3)20-9-10-21-22-15-23(29)27(31)16-19(28)11-12-25(27,5)26(22,30)14-13-24(20,21)4/h6,8,15,17-21,28,30-31H,7,9-14,16H2,1-5H3/b8-6+/t18-,19-,20+,21-,24+,25+,26+,27-/m0/s1. The minimum atomic E-state index is -1.68. The molecule has 8 atom stereocenters. The van der Waals surface area contributed by atoms with E-state index < -0.39 is 22.7 Å². The van der Waals surface area contributed by atoms with Crippen molar-refractivity contribution in [3.63, 3.8) is 0 Å². The second kappa shape index (κ2) is 7.53. The van der Waals surface area contributed by atoms with Crippen LogP contribution < -0.4 is 0 Å². The Morgan fingerprint density at radius 1 is 1.06 bits per heavy atom. The molecule has 4 heteroatoms. The van der Waals surface area contributed by atoms with E-state index in [4.69, 9.17) is 0 Å². The van der Waals surface area contributed by atoms with Crippen LogP contribution in [0.2, 0.25) is 0 Å². The van der Waals surface area contributed by atoms with Crippen molar-refractivity contribution in [2.24, 2.45) is 34.5 Å². The van der Waals surface area contributed by atoms with Crippen LogP contribution in [0, 0.1) is 34.5 Å². The molecule has 0 unspecified atom stereocenters. The van der Waals surface area contributed by atoms with E-state index in [0.717, 1.165) is 31.3 Å². The van der Waals surface area contributed by atoms with E-state index in [1.807, 2.05) is 6.92 Å². The van der Waals surface area contributed by atoms with E-state index in [-0.39, 0.29) is 23.5 Å². The highest BCUT2D eigenvalue weighted by Crippen LogP contribution is 2.68. The van der Waals surface area contributed by atoms with Crippen LogP contribution in [-0.4, -0.2) is 38.4 Å². The monoisotopic (exact) mass is 430 g/mol. The number of aliphatic hydroxyl groups excluding tert-OH is 1. The van der Waals surface area contributed by atoms with Gasteiger partial charge in [-0.25, -0.2) is 0 Å². The highest BCUT2D eigenvalue weighted by molar-refractivity contribution is 6.00. The molecule has 0 aliphatic heterocycles. The molecule has 0 heterocycles. The summed E-state index contributed by atoms with van der Waals surface area (Å²) >= 11 is 0. The third-order valence-electron chi connectivity index (χ3n) is 10.00. The molecule has 3 fully saturated rings. The Balaban J connectivity index is 1.68. The second-order valence-corrected chi connectivity index (χ2v) is 12.1. The summed E-state index contributed by atoms with van der Waals surface area (Å²) < 4.78 is 0. The number of carbonyl (C=O) groups excluding carboxylic acids is 1. The predicted octanol–water partition coefficient (Wildman–Crippen LogP) is 4.57. The van der Waals surface area contributed by atoms with Gasteiger partial charge in [0.25, 0.3) is 0 Å². The zero-order valence-corrected chi connectivity index (χ0v) is 20.0. The molecular formula is C27H42O4. The van der Waals surface area contributed by atoms with Crippen LogP contribution in [0.15, 0.2) is 23.8 Å². The average molecular weight is 431 g/mol. The molecule has 0 amide bonds. The first-order valence-corrected chi connectivity index (χ1v) is 12.4. The molecule has 0 saturated heterocycles. The lowest BCUT2D eigenvalue weighted by molar-refractivity contribution is -0.223. The number of hydrogen-bond donors (Lipinski definition) is 3. The van der Waals surface area contributed by atoms with Gasteiger partial charge in [0.05, 0.1) is 11.7 Å². The molecule has 0 bridgehead atoms. The first kappa shape index (κ1) is 23.2. The van der Waals surface area contributed by atoms with Crippen molar-refractivity contribution in [1.82, 2.24) is 0 Å². The molecule has 4 aliphatic carbocycles. The predicted molar refractivity (Wildman–Crippen MR) is 122 cm³/mol. The first-order valence-electron chi connectivity index (χ1n) is 12.4. The quantitative estimate of drug-likeness (QED) is 0.571. The largest absolute Gasteiger partial charge is 0.393 e. The highest BCUT2D eigenvalue weighted by Gasteiger charge is 2.71. The summed E-state index contributed by atoms with van der Waals surface area (Å²) in [7, 11) is 0. The van der Waals surface area contributed by atoms with Gasteiger partial charge in [0, 0.05) is 11.8 Å². The SMILES string of the molecule is CC(C)C/C=C/[C@H](C)[C@H]1CC[C@H]2C3=CC(=O)[C@@]4(O)C[C@@H](O)CC[C@]4(C)[C@@]3(O)CC[C@]12C. The van der Waals surface area contributed by atoms with Gasteiger partial charge in [-0.05, 0) is 85.7 Å². The van der Waals surface area contributed by atoms with E-state index in [9.17, 15) is 20.1 Å². The van der Waals surface area contributed by atoms with Crippen LogP contribution in [0.1, 0.15) is 86.0 Å². The number of allylic oxidation sites excluding steroid dienone is 2. The molecule has 0 radical (unpaired) electrons. The van der Waals surface area contributed by atoms with Gasteiger partial charge in [-0.3, -0.25) is 4.79 Å².